The molecular weight excluding hydrogens is 440 g/mol. The normalized spacial score (nSPS) is 19.8. The Morgan fingerprint density at radius 1 is 1.32 bits per heavy atom. The van der Waals surface area contributed by atoms with E-state index < -0.39 is 0 Å². The summed E-state index contributed by atoms with van der Waals surface area (Å²) in [7, 11) is 1.89. The average Bonchev–Trinajstić information content (AvgIpc) is 3.24. The molecule has 0 spiro atoms. The number of carbonyl (C=O) groups is 1. The number of furan rings is 1. The van der Waals surface area contributed by atoms with Crippen LogP contribution in [-0.2, 0) is 11.8 Å². The zero-order valence-electron chi connectivity index (χ0n) is 15.9. The van der Waals surface area contributed by atoms with Crippen LogP contribution in [0.5, 0.6) is 0 Å². The Morgan fingerprint density at radius 2 is 2.14 bits per heavy atom. The Labute approximate surface area is 176 Å². The third-order valence-electron chi connectivity index (χ3n) is 5.32. The molecule has 1 aliphatic carbocycles. The second-order valence-corrected chi connectivity index (χ2v) is 9.24. The summed E-state index contributed by atoms with van der Waals surface area (Å²) in [6.07, 6.45) is 4.73. The number of halogens is 1. The first-order valence-electron chi connectivity index (χ1n) is 9.52. The SMILES string of the molecule is C[C@H]1CCCC[C@H]1NC(=O)CSc1nnc(-c2cc3cc(Br)ccc3o2)n1C. The first-order valence-corrected chi connectivity index (χ1v) is 11.3. The minimum atomic E-state index is 0.0573. The van der Waals surface area contributed by atoms with E-state index >= 15 is 0 Å². The molecule has 2 heterocycles. The summed E-state index contributed by atoms with van der Waals surface area (Å²) in [5, 5.41) is 13.4. The van der Waals surface area contributed by atoms with Crippen molar-refractivity contribution in [1.82, 2.24) is 20.1 Å². The summed E-state index contributed by atoms with van der Waals surface area (Å²) in [5.74, 6) is 2.26. The summed E-state index contributed by atoms with van der Waals surface area (Å²) in [5.41, 5.74) is 0.802. The minimum absolute atomic E-state index is 0.0573. The molecule has 8 heteroatoms. The van der Waals surface area contributed by atoms with Crippen molar-refractivity contribution in [2.45, 2.75) is 43.8 Å². The van der Waals surface area contributed by atoms with E-state index in [4.69, 9.17) is 4.42 Å². The van der Waals surface area contributed by atoms with Crippen molar-refractivity contribution >= 4 is 44.6 Å². The van der Waals surface area contributed by atoms with E-state index in [1.807, 2.05) is 35.9 Å². The fourth-order valence-corrected chi connectivity index (χ4v) is 4.79. The van der Waals surface area contributed by atoms with Crippen LogP contribution in [0, 0.1) is 5.92 Å². The minimum Gasteiger partial charge on any atom is -0.453 e. The number of fused-ring (bicyclic) bond motifs is 1. The van der Waals surface area contributed by atoms with Gasteiger partial charge in [-0.3, -0.25) is 4.79 Å². The van der Waals surface area contributed by atoms with Crippen molar-refractivity contribution in [1.29, 1.82) is 0 Å². The highest BCUT2D eigenvalue weighted by Gasteiger charge is 2.23. The molecule has 28 heavy (non-hydrogen) atoms. The molecule has 3 aromatic rings. The fraction of sp³-hybridized carbons (Fsp3) is 0.450. The molecule has 148 valence electrons. The third-order valence-corrected chi connectivity index (χ3v) is 6.84. The quantitative estimate of drug-likeness (QED) is 0.552. The summed E-state index contributed by atoms with van der Waals surface area (Å²) in [6, 6.07) is 8.12. The predicted octanol–water partition coefficient (Wildman–Crippen LogP) is 4.78. The van der Waals surface area contributed by atoms with E-state index in [0.29, 0.717) is 34.5 Å². The van der Waals surface area contributed by atoms with Gasteiger partial charge in [0.1, 0.15) is 5.58 Å². The van der Waals surface area contributed by atoms with Gasteiger partial charge in [0.2, 0.25) is 5.91 Å². The highest BCUT2D eigenvalue weighted by molar-refractivity contribution is 9.10. The van der Waals surface area contributed by atoms with Crippen LogP contribution in [0.4, 0.5) is 0 Å². The van der Waals surface area contributed by atoms with Crippen molar-refractivity contribution in [3.05, 3.63) is 28.7 Å². The number of amides is 1. The van der Waals surface area contributed by atoms with Crippen molar-refractivity contribution < 1.29 is 9.21 Å². The van der Waals surface area contributed by atoms with Gasteiger partial charge in [-0.25, -0.2) is 0 Å². The number of nitrogens with one attached hydrogen (secondary N) is 1. The molecule has 6 nitrogen and oxygen atoms in total. The van der Waals surface area contributed by atoms with Crippen LogP contribution in [0.2, 0.25) is 0 Å². The van der Waals surface area contributed by atoms with E-state index in [-0.39, 0.29) is 5.91 Å². The molecule has 0 aliphatic heterocycles. The van der Waals surface area contributed by atoms with Gasteiger partial charge in [0.15, 0.2) is 16.7 Å². The van der Waals surface area contributed by atoms with Gasteiger partial charge in [0.05, 0.1) is 5.75 Å². The predicted molar refractivity (Wildman–Crippen MR) is 114 cm³/mol. The molecule has 2 atom stereocenters. The van der Waals surface area contributed by atoms with Crippen LogP contribution in [0.3, 0.4) is 0 Å². The van der Waals surface area contributed by atoms with Crippen LogP contribution < -0.4 is 5.32 Å². The number of thioether (sulfide) groups is 1. The van der Waals surface area contributed by atoms with Gasteiger partial charge >= 0.3 is 0 Å². The van der Waals surface area contributed by atoms with Crippen molar-refractivity contribution in [2.24, 2.45) is 13.0 Å². The van der Waals surface area contributed by atoms with E-state index in [1.54, 1.807) is 0 Å². The molecule has 2 aromatic heterocycles. The number of carbonyl (C=O) groups excluding carboxylic acids is 1. The number of aromatic nitrogens is 3. The Balaban J connectivity index is 1.42. The first kappa shape index (κ1) is 19.5. The standard InChI is InChI=1S/C20H23BrN4O2S/c1-12-5-3-4-6-15(12)22-18(26)11-28-20-24-23-19(25(20)2)17-10-13-9-14(21)7-8-16(13)27-17/h7-10,12,15H,3-6,11H2,1-2H3,(H,22,26)/t12-,15+/m0/s1. The summed E-state index contributed by atoms with van der Waals surface area (Å²) >= 11 is 4.87. The lowest BCUT2D eigenvalue weighted by Crippen LogP contribution is -2.41. The zero-order chi connectivity index (χ0) is 19.7. The Hall–Kier alpha value is -1.80. The second-order valence-electron chi connectivity index (χ2n) is 7.38. The van der Waals surface area contributed by atoms with Gasteiger partial charge in [0, 0.05) is 22.9 Å². The summed E-state index contributed by atoms with van der Waals surface area (Å²) in [4.78, 5) is 12.4. The van der Waals surface area contributed by atoms with E-state index in [2.05, 4.69) is 38.4 Å². The van der Waals surface area contributed by atoms with Gasteiger partial charge in [-0.15, -0.1) is 10.2 Å². The highest BCUT2D eigenvalue weighted by Crippen LogP contribution is 2.30. The molecule has 0 unspecified atom stereocenters. The fourth-order valence-electron chi connectivity index (χ4n) is 3.69. The van der Waals surface area contributed by atoms with Crippen molar-refractivity contribution in [3.63, 3.8) is 0 Å². The number of nitrogens with zero attached hydrogens (tertiary/aromatic N) is 3. The Kier molecular flexibility index (Phi) is 5.78. The molecule has 4 rings (SSSR count). The molecule has 1 saturated carbocycles. The van der Waals surface area contributed by atoms with Crippen molar-refractivity contribution in [2.75, 3.05) is 5.75 Å². The monoisotopic (exact) mass is 462 g/mol. The third kappa shape index (κ3) is 4.12. The molecule has 0 bridgehead atoms. The molecule has 1 aliphatic rings. The van der Waals surface area contributed by atoms with Gasteiger partial charge in [-0.2, -0.15) is 0 Å². The molecule has 1 fully saturated rings. The number of hydrogen-bond acceptors (Lipinski definition) is 5. The molecule has 1 aromatic carbocycles. The van der Waals surface area contributed by atoms with Crippen LogP contribution >= 0.6 is 27.7 Å². The lowest BCUT2D eigenvalue weighted by Gasteiger charge is -2.29. The van der Waals surface area contributed by atoms with Gasteiger partial charge < -0.3 is 14.3 Å². The molecule has 0 radical (unpaired) electrons. The average molecular weight is 463 g/mol. The largest absolute Gasteiger partial charge is 0.453 e. The lowest BCUT2D eigenvalue weighted by atomic mass is 9.86. The zero-order valence-corrected chi connectivity index (χ0v) is 18.3. The maximum atomic E-state index is 12.4. The van der Waals surface area contributed by atoms with E-state index in [0.717, 1.165) is 21.9 Å². The Bertz CT molecular complexity index is 999. The highest BCUT2D eigenvalue weighted by atomic mass is 79.9. The lowest BCUT2D eigenvalue weighted by molar-refractivity contribution is -0.119. The van der Waals surface area contributed by atoms with Gasteiger partial charge in [-0.05, 0) is 43.0 Å². The number of rotatable bonds is 5. The molecular formula is C20H23BrN4O2S. The number of benzene rings is 1. The van der Waals surface area contributed by atoms with Crippen LogP contribution in [0.1, 0.15) is 32.6 Å². The van der Waals surface area contributed by atoms with Gasteiger partial charge in [0.25, 0.3) is 0 Å². The molecule has 1 amide bonds. The van der Waals surface area contributed by atoms with E-state index in [9.17, 15) is 4.79 Å². The van der Waals surface area contributed by atoms with Crippen LogP contribution in [0.25, 0.3) is 22.6 Å². The maximum absolute atomic E-state index is 12.4. The van der Waals surface area contributed by atoms with Gasteiger partial charge in [-0.1, -0.05) is 47.5 Å². The second kappa shape index (κ2) is 8.29. The summed E-state index contributed by atoms with van der Waals surface area (Å²) < 4.78 is 8.78. The topological polar surface area (TPSA) is 73.0 Å². The maximum Gasteiger partial charge on any atom is 0.230 e. The van der Waals surface area contributed by atoms with E-state index in [1.165, 1.54) is 31.0 Å². The number of hydrogen-bond donors (Lipinski definition) is 1. The summed E-state index contributed by atoms with van der Waals surface area (Å²) in [6.45, 7) is 2.22. The smallest absolute Gasteiger partial charge is 0.230 e. The van der Waals surface area contributed by atoms with Crippen molar-refractivity contribution in [3.8, 4) is 11.6 Å². The molecule has 1 N–H and O–H groups in total. The van der Waals surface area contributed by atoms with Crippen LogP contribution in [0.15, 0.2) is 38.3 Å². The Morgan fingerprint density at radius 3 is 2.96 bits per heavy atom. The van der Waals surface area contributed by atoms with Crippen LogP contribution in [-0.4, -0.2) is 32.5 Å². The molecule has 0 saturated heterocycles. The first-order chi connectivity index (χ1) is 13.5.